The highest BCUT2D eigenvalue weighted by Crippen LogP contribution is 2.26. The second-order valence-corrected chi connectivity index (χ2v) is 7.85. The van der Waals surface area contributed by atoms with E-state index in [1.807, 2.05) is 24.1 Å². The van der Waals surface area contributed by atoms with Crippen LogP contribution in [0.15, 0.2) is 42.7 Å². The van der Waals surface area contributed by atoms with Gasteiger partial charge in [-0.15, -0.1) is 0 Å². The van der Waals surface area contributed by atoms with E-state index in [-0.39, 0.29) is 5.75 Å². The van der Waals surface area contributed by atoms with Gasteiger partial charge in [0, 0.05) is 42.9 Å². The zero-order valence-corrected chi connectivity index (χ0v) is 18.4. The van der Waals surface area contributed by atoms with Gasteiger partial charge in [-0.25, -0.2) is 4.39 Å². The molecule has 2 aromatic heterocycles. The molecule has 0 aliphatic heterocycles. The van der Waals surface area contributed by atoms with Gasteiger partial charge in [-0.05, 0) is 37.1 Å². The Bertz CT molecular complexity index is 1030. The molecule has 0 spiro atoms. The molecule has 4 rings (SSSR count). The number of hydrogen-bond donors (Lipinski definition) is 2. The first-order chi connectivity index (χ1) is 15.6. The molecule has 9 heteroatoms. The van der Waals surface area contributed by atoms with E-state index < -0.39 is 5.82 Å². The van der Waals surface area contributed by atoms with Crippen molar-refractivity contribution in [3.8, 4) is 5.75 Å². The number of pyridine rings is 1. The highest BCUT2D eigenvalue weighted by atomic mass is 19.1. The first-order valence-corrected chi connectivity index (χ1v) is 10.9. The lowest BCUT2D eigenvalue weighted by molar-refractivity contribution is 0.386. The van der Waals surface area contributed by atoms with Gasteiger partial charge in [0.2, 0.25) is 17.8 Å². The molecule has 0 saturated heterocycles. The van der Waals surface area contributed by atoms with Gasteiger partial charge in [0.1, 0.15) is 0 Å². The number of nitrogens with zero attached hydrogens (tertiary/aromatic N) is 5. The Labute approximate surface area is 187 Å². The number of methoxy groups -OCH3 is 1. The molecule has 1 aliphatic carbocycles. The van der Waals surface area contributed by atoms with Crippen LogP contribution in [-0.4, -0.2) is 40.1 Å². The SMILES string of the molecule is COc1ccc(Nc2nc(NC3CCCCCC3)nc(N(C)c3ccncc3)n2)cc1F. The van der Waals surface area contributed by atoms with Gasteiger partial charge in [-0.1, -0.05) is 25.7 Å². The normalized spacial score (nSPS) is 14.5. The number of rotatable bonds is 7. The zero-order chi connectivity index (χ0) is 22.3. The summed E-state index contributed by atoms with van der Waals surface area (Å²) in [6.45, 7) is 0. The minimum atomic E-state index is -0.461. The summed E-state index contributed by atoms with van der Waals surface area (Å²) in [5, 5.41) is 6.58. The van der Waals surface area contributed by atoms with Crippen LogP contribution in [0.5, 0.6) is 5.75 Å². The lowest BCUT2D eigenvalue weighted by atomic mass is 10.1. The lowest BCUT2D eigenvalue weighted by Crippen LogP contribution is -2.22. The van der Waals surface area contributed by atoms with Gasteiger partial charge in [0.05, 0.1) is 7.11 Å². The van der Waals surface area contributed by atoms with Crippen LogP contribution >= 0.6 is 0 Å². The third-order valence-electron chi connectivity index (χ3n) is 5.57. The number of ether oxygens (including phenoxy) is 1. The predicted octanol–water partition coefficient (Wildman–Crippen LogP) is 5.06. The van der Waals surface area contributed by atoms with E-state index in [0.717, 1.165) is 18.5 Å². The van der Waals surface area contributed by atoms with E-state index in [4.69, 9.17) is 4.74 Å². The molecule has 168 valence electrons. The second kappa shape index (κ2) is 10.2. The van der Waals surface area contributed by atoms with Crippen molar-refractivity contribution in [1.29, 1.82) is 0 Å². The summed E-state index contributed by atoms with van der Waals surface area (Å²) in [6, 6.07) is 8.73. The number of anilines is 5. The second-order valence-electron chi connectivity index (χ2n) is 7.85. The van der Waals surface area contributed by atoms with Gasteiger partial charge in [0.15, 0.2) is 11.6 Å². The van der Waals surface area contributed by atoms with E-state index >= 15 is 0 Å². The van der Waals surface area contributed by atoms with E-state index in [9.17, 15) is 4.39 Å². The van der Waals surface area contributed by atoms with Crippen molar-refractivity contribution in [2.24, 2.45) is 0 Å². The lowest BCUT2D eigenvalue weighted by Gasteiger charge is -2.21. The molecule has 1 saturated carbocycles. The summed E-state index contributed by atoms with van der Waals surface area (Å²) in [5.74, 6) is 1.02. The molecule has 0 radical (unpaired) electrons. The number of halogens is 1. The van der Waals surface area contributed by atoms with Crippen LogP contribution in [0, 0.1) is 5.82 Å². The summed E-state index contributed by atoms with van der Waals surface area (Å²) < 4.78 is 19.2. The fourth-order valence-corrected chi connectivity index (χ4v) is 3.80. The average Bonchev–Trinajstić information content (AvgIpc) is 3.08. The fourth-order valence-electron chi connectivity index (χ4n) is 3.80. The molecule has 0 amide bonds. The smallest absolute Gasteiger partial charge is 0.236 e. The number of hydrogen-bond acceptors (Lipinski definition) is 8. The maximum absolute atomic E-state index is 14.2. The van der Waals surface area contributed by atoms with Crippen LogP contribution in [0.25, 0.3) is 0 Å². The fraction of sp³-hybridized carbons (Fsp3) is 0.391. The van der Waals surface area contributed by atoms with E-state index in [1.54, 1.807) is 24.5 Å². The Morgan fingerprint density at radius 1 is 0.969 bits per heavy atom. The third kappa shape index (κ3) is 5.40. The van der Waals surface area contributed by atoms with Crippen LogP contribution in [0.1, 0.15) is 38.5 Å². The van der Waals surface area contributed by atoms with Crippen molar-refractivity contribution in [3.05, 3.63) is 48.5 Å². The van der Waals surface area contributed by atoms with Crippen LogP contribution in [0.2, 0.25) is 0 Å². The van der Waals surface area contributed by atoms with E-state index in [2.05, 4.69) is 30.6 Å². The number of benzene rings is 1. The quantitative estimate of drug-likeness (QED) is 0.496. The number of aromatic nitrogens is 4. The van der Waals surface area contributed by atoms with Gasteiger partial charge in [-0.3, -0.25) is 4.98 Å². The van der Waals surface area contributed by atoms with Crippen molar-refractivity contribution in [2.45, 2.75) is 44.6 Å². The van der Waals surface area contributed by atoms with Crippen LogP contribution in [0.4, 0.5) is 33.6 Å². The van der Waals surface area contributed by atoms with Gasteiger partial charge in [-0.2, -0.15) is 15.0 Å². The molecule has 1 fully saturated rings. The van der Waals surface area contributed by atoms with Crippen molar-refractivity contribution in [2.75, 3.05) is 29.7 Å². The molecular weight excluding hydrogens is 409 g/mol. The Balaban J connectivity index is 1.64. The molecule has 1 aromatic carbocycles. The summed E-state index contributed by atoms with van der Waals surface area (Å²) >= 11 is 0. The first-order valence-electron chi connectivity index (χ1n) is 10.9. The molecule has 8 nitrogen and oxygen atoms in total. The average molecular weight is 438 g/mol. The zero-order valence-electron chi connectivity index (χ0n) is 18.4. The monoisotopic (exact) mass is 437 g/mol. The molecular formula is C23H28FN7O. The maximum Gasteiger partial charge on any atom is 0.236 e. The standard InChI is InChI=1S/C23H28FN7O/c1-31(18-11-13-25-14-12-18)23-29-21(26-16-7-5-3-4-6-8-16)28-22(30-23)27-17-9-10-20(32-2)19(24)15-17/h9-16H,3-8H2,1-2H3,(H2,26,27,28,29,30). The van der Waals surface area contributed by atoms with Crippen LogP contribution in [0.3, 0.4) is 0 Å². The molecule has 2 heterocycles. The summed E-state index contributed by atoms with van der Waals surface area (Å²) in [6.07, 6.45) is 10.5. The summed E-state index contributed by atoms with van der Waals surface area (Å²) in [4.78, 5) is 19.7. The predicted molar refractivity (Wildman–Crippen MR) is 123 cm³/mol. The topological polar surface area (TPSA) is 88.1 Å². The highest BCUT2D eigenvalue weighted by molar-refractivity contribution is 5.61. The van der Waals surface area contributed by atoms with Crippen LogP contribution in [-0.2, 0) is 0 Å². The van der Waals surface area contributed by atoms with Crippen molar-refractivity contribution < 1.29 is 9.13 Å². The summed E-state index contributed by atoms with van der Waals surface area (Å²) in [5.41, 5.74) is 1.42. The Hall–Kier alpha value is -3.49. The Morgan fingerprint density at radius 3 is 2.38 bits per heavy atom. The third-order valence-corrected chi connectivity index (χ3v) is 5.57. The molecule has 2 N–H and O–H groups in total. The molecule has 0 unspecified atom stereocenters. The molecule has 1 aliphatic rings. The Kier molecular flexibility index (Phi) is 6.94. The first kappa shape index (κ1) is 21.7. The van der Waals surface area contributed by atoms with Crippen LogP contribution < -0.4 is 20.3 Å². The van der Waals surface area contributed by atoms with E-state index in [0.29, 0.717) is 29.6 Å². The van der Waals surface area contributed by atoms with Gasteiger partial charge in [0.25, 0.3) is 0 Å². The van der Waals surface area contributed by atoms with Crippen molar-refractivity contribution in [3.63, 3.8) is 0 Å². The minimum absolute atomic E-state index is 0.181. The van der Waals surface area contributed by atoms with Gasteiger partial charge < -0.3 is 20.3 Å². The van der Waals surface area contributed by atoms with Crippen molar-refractivity contribution >= 4 is 29.2 Å². The Morgan fingerprint density at radius 2 is 1.69 bits per heavy atom. The molecule has 0 bridgehead atoms. The van der Waals surface area contributed by atoms with E-state index in [1.165, 1.54) is 38.9 Å². The highest BCUT2D eigenvalue weighted by Gasteiger charge is 2.17. The molecule has 0 atom stereocenters. The van der Waals surface area contributed by atoms with Crippen molar-refractivity contribution in [1.82, 2.24) is 19.9 Å². The number of nitrogens with one attached hydrogen (secondary N) is 2. The summed E-state index contributed by atoms with van der Waals surface area (Å²) in [7, 11) is 3.32. The largest absolute Gasteiger partial charge is 0.494 e. The molecule has 32 heavy (non-hydrogen) atoms. The van der Waals surface area contributed by atoms with Gasteiger partial charge >= 0.3 is 0 Å². The maximum atomic E-state index is 14.2. The molecule has 3 aromatic rings. The minimum Gasteiger partial charge on any atom is -0.494 e.